The van der Waals surface area contributed by atoms with Crippen LogP contribution in [-0.4, -0.2) is 17.0 Å². The first-order chi connectivity index (χ1) is 14.6. The number of carbonyl (C=O) groups excluding carboxylic acids is 1. The van der Waals surface area contributed by atoms with E-state index in [0.717, 1.165) is 19.3 Å². The predicted octanol–water partition coefficient (Wildman–Crippen LogP) is 7.43. The normalized spacial score (nSPS) is 56.4. The molecule has 0 aliphatic heterocycles. The second-order valence-electron chi connectivity index (χ2n) is 15.4. The Morgan fingerprint density at radius 2 is 1.38 bits per heavy atom. The smallest absolute Gasteiger partial charge is 0.138 e. The number of hydrogen-bond acceptors (Lipinski definition) is 2. The Morgan fingerprint density at radius 3 is 2.06 bits per heavy atom. The number of Topliss-reactive ketones (excluding diaryl/α,β-unsaturated/α-hetero) is 1. The first kappa shape index (κ1) is 23.4. The molecule has 0 radical (unpaired) electrons. The molecule has 0 unspecified atom stereocenters. The fourth-order valence-corrected chi connectivity index (χ4v) is 11.2. The molecule has 182 valence electrons. The minimum Gasteiger partial charge on any atom is -0.392 e. The molecule has 0 amide bonds. The number of fused-ring (bicyclic) bond motifs is 7. The molecule has 5 aliphatic rings. The van der Waals surface area contributed by atoms with E-state index in [1.165, 1.54) is 44.9 Å². The maximum absolute atomic E-state index is 12.9. The molecule has 1 N–H and O–H groups in total. The van der Waals surface area contributed by atoms with Crippen molar-refractivity contribution in [3.05, 3.63) is 0 Å². The van der Waals surface area contributed by atoms with Gasteiger partial charge in [-0.1, -0.05) is 55.4 Å². The molecule has 32 heavy (non-hydrogen) atoms. The van der Waals surface area contributed by atoms with Crippen molar-refractivity contribution in [3.63, 3.8) is 0 Å². The highest BCUT2D eigenvalue weighted by Crippen LogP contribution is 2.76. The van der Waals surface area contributed by atoms with E-state index in [1.807, 2.05) is 0 Å². The predicted molar refractivity (Wildman–Crippen MR) is 131 cm³/mol. The van der Waals surface area contributed by atoms with Gasteiger partial charge in [-0.25, -0.2) is 0 Å². The van der Waals surface area contributed by atoms with E-state index in [9.17, 15) is 9.90 Å². The molecular weight excluding hydrogens is 392 g/mol. The summed E-state index contributed by atoms with van der Waals surface area (Å²) in [6, 6.07) is 0. The maximum atomic E-state index is 12.9. The van der Waals surface area contributed by atoms with Crippen LogP contribution in [0.5, 0.6) is 0 Å². The number of aliphatic hydroxyl groups is 1. The molecule has 0 spiro atoms. The SMILES string of the molecule is CC1(C)CC[C@]2(C)CC[C@]3(C)[C@H](CC[C@@H]4[C@@]5(C)CCC(=O)C(C)(C)[C@@H]5CC[C@]43C)[C@H]2[C@@H]1O. The molecular formula is C30H50O2. The Labute approximate surface area is 197 Å². The molecule has 2 heteroatoms. The average molecular weight is 443 g/mol. The standard InChI is InChI=1S/C30H50O2/c1-25(2)15-16-27(5)17-18-29(7)19(23(27)24(25)32)9-10-21-28(6)13-12-22(31)26(3,4)20(28)11-14-30(21,29)8/h19-21,23-24,32H,9-18H2,1-8H3/t19-,20+,21-,23+,24+,27-,28+,29-,30-/m1/s1. The summed E-state index contributed by atoms with van der Waals surface area (Å²) in [7, 11) is 0. The molecule has 5 aliphatic carbocycles. The quantitative estimate of drug-likeness (QED) is 0.423. The van der Waals surface area contributed by atoms with Crippen LogP contribution in [0.25, 0.3) is 0 Å². The van der Waals surface area contributed by atoms with Gasteiger partial charge in [0.1, 0.15) is 5.78 Å². The Morgan fingerprint density at radius 1 is 0.719 bits per heavy atom. The Bertz CT molecular complexity index is 812. The fraction of sp³-hybridized carbons (Fsp3) is 0.967. The van der Waals surface area contributed by atoms with Crippen molar-refractivity contribution in [2.75, 3.05) is 0 Å². The zero-order valence-electron chi connectivity index (χ0n) is 22.3. The van der Waals surface area contributed by atoms with Crippen molar-refractivity contribution in [1.29, 1.82) is 0 Å². The second-order valence-corrected chi connectivity index (χ2v) is 15.4. The molecule has 0 bridgehead atoms. The van der Waals surface area contributed by atoms with Crippen molar-refractivity contribution in [3.8, 4) is 0 Å². The summed E-state index contributed by atoms with van der Waals surface area (Å²) >= 11 is 0. The summed E-state index contributed by atoms with van der Waals surface area (Å²) < 4.78 is 0. The third-order valence-electron chi connectivity index (χ3n) is 13.6. The lowest BCUT2D eigenvalue weighted by Crippen LogP contribution is -2.68. The summed E-state index contributed by atoms with van der Waals surface area (Å²) in [5.41, 5.74) is 1.08. The van der Waals surface area contributed by atoms with Gasteiger partial charge >= 0.3 is 0 Å². The summed E-state index contributed by atoms with van der Waals surface area (Å²) in [5, 5.41) is 11.7. The molecule has 0 aromatic carbocycles. The van der Waals surface area contributed by atoms with E-state index in [1.54, 1.807) is 0 Å². The van der Waals surface area contributed by atoms with Gasteiger partial charge in [-0.2, -0.15) is 0 Å². The zero-order valence-corrected chi connectivity index (χ0v) is 22.3. The number of ketones is 1. The number of rotatable bonds is 0. The van der Waals surface area contributed by atoms with E-state index in [-0.39, 0.29) is 22.3 Å². The van der Waals surface area contributed by atoms with Gasteiger partial charge in [-0.05, 0) is 109 Å². The lowest BCUT2D eigenvalue weighted by Gasteiger charge is -2.73. The van der Waals surface area contributed by atoms with Gasteiger partial charge in [0.15, 0.2) is 0 Å². The Balaban J connectivity index is 1.55. The summed E-state index contributed by atoms with van der Waals surface area (Å²) in [6.45, 7) is 19.5. The molecule has 5 saturated carbocycles. The van der Waals surface area contributed by atoms with Gasteiger partial charge in [0.25, 0.3) is 0 Å². The third-order valence-corrected chi connectivity index (χ3v) is 13.6. The monoisotopic (exact) mass is 442 g/mol. The molecule has 2 nitrogen and oxygen atoms in total. The van der Waals surface area contributed by atoms with E-state index < -0.39 is 0 Å². The van der Waals surface area contributed by atoms with Crippen LogP contribution in [0, 0.1) is 56.2 Å². The molecule has 5 rings (SSSR count). The minimum atomic E-state index is -0.177. The molecule has 0 aromatic rings. The lowest BCUT2D eigenvalue weighted by atomic mass is 9.31. The van der Waals surface area contributed by atoms with Crippen LogP contribution in [0.3, 0.4) is 0 Å². The van der Waals surface area contributed by atoms with Crippen LogP contribution < -0.4 is 0 Å². The van der Waals surface area contributed by atoms with Crippen LogP contribution in [-0.2, 0) is 4.79 Å². The topological polar surface area (TPSA) is 37.3 Å². The Kier molecular flexibility index (Phi) is 4.85. The molecule has 0 saturated heterocycles. The van der Waals surface area contributed by atoms with E-state index in [2.05, 4.69) is 55.4 Å². The first-order valence-corrected chi connectivity index (χ1v) is 13.8. The van der Waals surface area contributed by atoms with Crippen molar-refractivity contribution in [1.82, 2.24) is 0 Å². The van der Waals surface area contributed by atoms with Crippen molar-refractivity contribution in [2.24, 2.45) is 56.2 Å². The van der Waals surface area contributed by atoms with Crippen LogP contribution in [0.15, 0.2) is 0 Å². The van der Waals surface area contributed by atoms with E-state index in [0.29, 0.717) is 45.7 Å². The lowest BCUT2D eigenvalue weighted by molar-refractivity contribution is -0.257. The van der Waals surface area contributed by atoms with E-state index in [4.69, 9.17) is 0 Å². The average Bonchev–Trinajstić information content (AvgIpc) is 2.70. The summed E-state index contributed by atoms with van der Waals surface area (Å²) in [6.07, 6.45) is 11.8. The number of hydrogen-bond donors (Lipinski definition) is 1. The Hall–Kier alpha value is -0.370. The van der Waals surface area contributed by atoms with Gasteiger partial charge in [-0.3, -0.25) is 4.79 Å². The van der Waals surface area contributed by atoms with Crippen LogP contribution >= 0.6 is 0 Å². The minimum absolute atomic E-state index is 0.0393. The van der Waals surface area contributed by atoms with Crippen LogP contribution in [0.2, 0.25) is 0 Å². The van der Waals surface area contributed by atoms with Gasteiger partial charge < -0.3 is 5.11 Å². The van der Waals surface area contributed by atoms with Crippen LogP contribution in [0.4, 0.5) is 0 Å². The number of carbonyl (C=O) groups is 1. The van der Waals surface area contributed by atoms with Crippen molar-refractivity contribution < 1.29 is 9.90 Å². The van der Waals surface area contributed by atoms with Crippen molar-refractivity contribution >= 4 is 5.78 Å². The number of aliphatic hydroxyl groups excluding tert-OH is 1. The van der Waals surface area contributed by atoms with Gasteiger partial charge in [-0.15, -0.1) is 0 Å². The summed E-state index contributed by atoms with van der Waals surface area (Å²) in [4.78, 5) is 12.9. The molecule has 0 aromatic heterocycles. The fourth-order valence-electron chi connectivity index (χ4n) is 11.2. The van der Waals surface area contributed by atoms with Gasteiger partial charge in [0.2, 0.25) is 0 Å². The second kappa shape index (κ2) is 6.64. The van der Waals surface area contributed by atoms with Crippen LogP contribution in [0.1, 0.15) is 120 Å². The largest absolute Gasteiger partial charge is 0.392 e. The molecule has 0 heterocycles. The van der Waals surface area contributed by atoms with Gasteiger partial charge in [0.05, 0.1) is 6.10 Å². The first-order valence-electron chi connectivity index (χ1n) is 13.8. The third kappa shape index (κ3) is 2.66. The molecule has 9 atom stereocenters. The summed E-state index contributed by atoms with van der Waals surface area (Å²) in [5.74, 6) is 2.82. The highest BCUT2D eigenvalue weighted by molar-refractivity contribution is 5.85. The maximum Gasteiger partial charge on any atom is 0.138 e. The van der Waals surface area contributed by atoms with Gasteiger partial charge in [0, 0.05) is 11.8 Å². The zero-order chi connectivity index (χ0) is 23.5. The highest BCUT2D eigenvalue weighted by Gasteiger charge is 2.70. The molecule has 5 fully saturated rings. The van der Waals surface area contributed by atoms with E-state index >= 15 is 0 Å². The van der Waals surface area contributed by atoms with Crippen molar-refractivity contribution in [2.45, 2.75) is 126 Å². The highest BCUT2D eigenvalue weighted by atomic mass is 16.3.